The number of esters is 1. The Morgan fingerprint density at radius 3 is 2.89 bits per heavy atom. The summed E-state index contributed by atoms with van der Waals surface area (Å²) in [5.41, 5.74) is 1.52. The number of furan rings is 1. The van der Waals surface area contributed by atoms with Gasteiger partial charge in [-0.1, -0.05) is 0 Å². The third kappa shape index (κ3) is 2.76. The number of alkyl halides is 1. The number of aromatic nitrogens is 2. The van der Waals surface area contributed by atoms with Crippen LogP contribution in [0, 0.1) is 6.92 Å². The molecule has 2 heterocycles. The molecule has 0 unspecified atom stereocenters. The van der Waals surface area contributed by atoms with Gasteiger partial charge in [-0.3, -0.25) is 0 Å². The Balaban J connectivity index is 2.42. The van der Waals surface area contributed by atoms with Crippen molar-refractivity contribution in [1.82, 2.24) is 9.97 Å². The zero-order chi connectivity index (χ0) is 13.8. The van der Waals surface area contributed by atoms with E-state index in [1.54, 1.807) is 19.3 Å². The van der Waals surface area contributed by atoms with Crippen LogP contribution in [0.15, 0.2) is 22.9 Å². The maximum absolute atomic E-state index is 11.7. The van der Waals surface area contributed by atoms with Gasteiger partial charge >= 0.3 is 5.97 Å². The van der Waals surface area contributed by atoms with Gasteiger partial charge in [0.2, 0.25) is 0 Å². The minimum Gasteiger partial charge on any atom is -0.469 e. The highest BCUT2D eigenvalue weighted by molar-refractivity contribution is 6.17. The number of aryl methyl sites for hydroxylation is 1. The van der Waals surface area contributed by atoms with E-state index in [2.05, 4.69) is 9.97 Å². The molecule has 0 aromatic carbocycles. The lowest BCUT2D eigenvalue weighted by molar-refractivity contribution is 0.0524. The summed E-state index contributed by atoms with van der Waals surface area (Å²) in [5.74, 6) is 0.841. The molecule has 2 aromatic rings. The van der Waals surface area contributed by atoms with Crippen molar-refractivity contribution in [3.05, 3.63) is 35.5 Å². The van der Waals surface area contributed by atoms with E-state index in [-0.39, 0.29) is 5.88 Å². The number of rotatable bonds is 4. The SMILES string of the molecule is CCOC(=O)c1cnc(-c2ccoc2C)nc1CCl. The van der Waals surface area contributed by atoms with E-state index in [4.69, 9.17) is 20.8 Å². The zero-order valence-corrected chi connectivity index (χ0v) is 11.4. The Bertz CT molecular complexity index is 595. The van der Waals surface area contributed by atoms with Crippen molar-refractivity contribution in [2.45, 2.75) is 19.7 Å². The molecular weight excluding hydrogens is 268 g/mol. The summed E-state index contributed by atoms with van der Waals surface area (Å²) < 4.78 is 10.1. The van der Waals surface area contributed by atoms with Gasteiger partial charge in [0.25, 0.3) is 0 Å². The molecular formula is C13H13ClN2O3. The topological polar surface area (TPSA) is 65.2 Å². The van der Waals surface area contributed by atoms with Gasteiger partial charge in [0.05, 0.1) is 30.0 Å². The predicted molar refractivity (Wildman–Crippen MR) is 70.0 cm³/mol. The number of carbonyl (C=O) groups excluding carboxylic acids is 1. The Morgan fingerprint density at radius 1 is 1.53 bits per heavy atom. The Hall–Kier alpha value is -1.88. The molecule has 0 aliphatic carbocycles. The number of nitrogens with zero attached hydrogens (tertiary/aromatic N) is 2. The average Bonchev–Trinajstić information content (AvgIpc) is 2.84. The lowest BCUT2D eigenvalue weighted by Crippen LogP contribution is -2.10. The van der Waals surface area contributed by atoms with Gasteiger partial charge in [-0.05, 0) is 19.9 Å². The first-order chi connectivity index (χ1) is 9.17. The van der Waals surface area contributed by atoms with Crippen LogP contribution in [0.2, 0.25) is 0 Å². The van der Waals surface area contributed by atoms with E-state index in [1.165, 1.54) is 6.20 Å². The van der Waals surface area contributed by atoms with Crippen molar-refractivity contribution in [2.24, 2.45) is 0 Å². The highest BCUT2D eigenvalue weighted by Gasteiger charge is 2.17. The molecule has 0 amide bonds. The van der Waals surface area contributed by atoms with E-state index in [1.807, 2.05) is 6.92 Å². The lowest BCUT2D eigenvalue weighted by Gasteiger charge is -2.07. The fourth-order valence-corrected chi connectivity index (χ4v) is 1.85. The molecule has 0 saturated carbocycles. The highest BCUT2D eigenvalue weighted by atomic mass is 35.5. The first-order valence-corrected chi connectivity index (χ1v) is 6.34. The first-order valence-electron chi connectivity index (χ1n) is 5.80. The molecule has 6 heteroatoms. The van der Waals surface area contributed by atoms with E-state index < -0.39 is 5.97 Å². The molecule has 0 fully saturated rings. The molecule has 0 aliphatic rings. The second-order valence-electron chi connectivity index (χ2n) is 3.80. The molecule has 19 heavy (non-hydrogen) atoms. The van der Waals surface area contributed by atoms with E-state index >= 15 is 0 Å². The quantitative estimate of drug-likeness (QED) is 0.636. The van der Waals surface area contributed by atoms with Gasteiger partial charge in [0.15, 0.2) is 5.82 Å². The van der Waals surface area contributed by atoms with Gasteiger partial charge in [0.1, 0.15) is 11.3 Å². The van der Waals surface area contributed by atoms with Gasteiger partial charge in [-0.15, -0.1) is 11.6 Å². The molecule has 0 aliphatic heterocycles. The van der Waals surface area contributed by atoms with Crippen molar-refractivity contribution in [3.8, 4) is 11.4 Å². The standard InChI is InChI=1S/C13H13ClN2O3/c1-3-18-13(17)10-7-15-12(16-11(10)6-14)9-4-5-19-8(9)2/h4-5,7H,3,6H2,1-2H3. The molecule has 100 valence electrons. The van der Waals surface area contributed by atoms with E-state index in [0.717, 1.165) is 5.56 Å². The van der Waals surface area contributed by atoms with Gasteiger partial charge in [0, 0.05) is 6.20 Å². The second kappa shape index (κ2) is 5.84. The summed E-state index contributed by atoms with van der Waals surface area (Å²) >= 11 is 5.83. The van der Waals surface area contributed by atoms with Crippen molar-refractivity contribution in [1.29, 1.82) is 0 Å². The molecule has 0 atom stereocenters. The Labute approximate surface area is 115 Å². The van der Waals surface area contributed by atoms with E-state index in [9.17, 15) is 4.79 Å². The van der Waals surface area contributed by atoms with Crippen molar-refractivity contribution in [3.63, 3.8) is 0 Å². The Kier molecular flexibility index (Phi) is 4.16. The summed E-state index contributed by atoms with van der Waals surface area (Å²) in [6, 6.07) is 1.77. The Morgan fingerprint density at radius 2 is 2.32 bits per heavy atom. The summed E-state index contributed by atoms with van der Waals surface area (Å²) in [6.45, 7) is 3.85. The summed E-state index contributed by atoms with van der Waals surface area (Å²) in [6.07, 6.45) is 3.00. The van der Waals surface area contributed by atoms with Gasteiger partial charge in [-0.25, -0.2) is 14.8 Å². The van der Waals surface area contributed by atoms with Crippen LogP contribution in [-0.4, -0.2) is 22.5 Å². The fraction of sp³-hybridized carbons (Fsp3) is 0.308. The molecule has 0 radical (unpaired) electrons. The number of carbonyl (C=O) groups is 1. The lowest BCUT2D eigenvalue weighted by atomic mass is 10.2. The molecule has 0 bridgehead atoms. The average molecular weight is 281 g/mol. The maximum Gasteiger partial charge on any atom is 0.341 e. The molecule has 2 rings (SSSR count). The third-order valence-electron chi connectivity index (χ3n) is 2.59. The van der Waals surface area contributed by atoms with Crippen LogP contribution in [0.25, 0.3) is 11.4 Å². The third-order valence-corrected chi connectivity index (χ3v) is 2.84. The monoisotopic (exact) mass is 280 g/mol. The van der Waals surface area contributed by atoms with Crippen LogP contribution in [-0.2, 0) is 10.6 Å². The van der Waals surface area contributed by atoms with Crippen LogP contribution in [0.4, 0.5) is 0 Å². The van der Waals surface area contributed by atoms with Gasteiger partial charge in [-0.2, -0.15) is 0 Å². The molecule has 0 saturated heterocycles. The largest absolute Gasteiger partial charge is 0.469 e. The summed E-state index contributed by atoms with van der Waals surface area (Å²) in [7, 11) is 0. The molecule has 0 N–H and O–H groups in total. The molecule has 2 aromatic heterocycles. The number of halogens is 1. The molecule has 5 nitrogen and oxygen atoms in total. The summed E-state index contributed by atoms with van der Waals surface area (Å²) in [5, 5.41) is 0. The minimum absolute atomic E-state index is 0.112. The smallest absolute Gasteiger partial charge is 0.341 e. The first kappa shape index (κ1) is 13.5. The van der Waals surface area contributed by atoms with Crippen LogP contribution < -0.4 is 0 Å². The second-order valence-corrected chi connectivity index (χ2v) is 4.07. The van der Waals surface area contributed by atoms with Gasteiger partial charge < -0.3 is 9.15 Å². The normalized spacial score (nSPS) is 10.5. The summed E-state index contributed by atoms with van der Waals surface area (Å²) in [4.78, 5) is 20.2. The van der Waals surface area contributed by atoms with Crippen molar-refractivity contribution in [2.75, 3.05) is 6.61 Å². The minimum atomic E-state index is -0.464. The number of hydrogen-bond acceptors (Lipinski definition) is 5. The fourth-order valence-electron chi connectivity index (χ4n) is 1.65. The zero-order valence-electron chi connectivity index (χ0n) is 10.6. The van der Waals surface area contributed by atoms with Crippen molar-refractivity contribution >= 4 is 17.6 Å². The van der Waals surface area contributed by atoms with Crippen LogP contribution in [0.5, 0.6) is 0 Å². The van der Waals surface area contributed by atoms with Crippen LogP contribution >= 0.6 is 11.6 Å². The van der Waals surface area contributed by atoms with E-state index in [0.29, 0.717) is 29.4 Å². The van der Waals surface area contributed by atoms with Crippen LogP contribution in [0.1, 0.15) is 28.7 Å². The van der Waals surface area contributed by atoms with Crippen LogP contribution in [0.3, 0.4) is 0 Å². The number of ether oxygens (including phenoxy) is 1. The predicted octanol–water partition coefficient (Wildman–Crippen LogP) is 2.96. The molecule has 0 spiro atoms. The maximum atomic E-state index is 11.7. The van der Waals surface area contributed by atoms with Crippen molar-refractivity contribution < 1.29 is 13.9 Å². The number of hydrogen-bond donors (Lipinski definition) is 0. The highest BCUT2D eigenvalue weighted by Crippen LogP contribution is 2.22.